The summed E-state index contributed by atoms with van der Waals surface area (Å²) in [5.41, 5.74) is -0.515. The lowest BCUT2D eigenvalue weighted by Gasteiger charge is -2.28. The SMILES string of the molecule is O=C[C@H]1[C@@H]2CCCC[C@@H]2C[C@@]12CNC(=O)O2. The van der Waals surface area contributed by atoms with Gasteiger partial charge in [0, 0.05) is 0 Å². The van der Waals surface area contributed by atoms with Crippen molar-refractivity contribution in [1.82, 2.24) is 5.32 Å². The van der Waals surface area contributed by atoms with Gasteiger partial charge in [0.05, 0.1) is 12.5 Å². The van der Waals surface area contributed by atoms with Crippen LogP contribution in [-0.2, 0) is 9.53 Å². The average molecular weight is 223 g/mol. The predicted octanol–water partition coefficient (Wildman–Crippen LogP) is 1.49. The maximum Gasteiger partial charge on any atom is 0.407 e. The molecule has 1 N–H and O–H groups in total. The molecular weight excluding hydrogens is 206 g/mol. The van der Waals surface area contributed by atoms with Crippen LogP contribution in [-0.4, -0.2) is 24.5 Å². The fourth-order valence-electron chi connectivity index (χ4n) is 3.94. The molecule has 3 fully saturated rings. The van der Waals surface area contributed by atoms with Crippen molar-refractivity contribution in [1.29, 1.82) is 0 Å². The Hall–Kier alpha value is -1.06. The van der Waals surface area contributed by atoms with E-state index in [0.717, 1.165) is 19.1 Å². The highest BCUT2D eigenvalue weighted by Gasteiger charge is 2.58. The van der Waals surface area contributed by atoms with E-state index < -0.39 is 5.60 Å². The highest BCUT2D eigenvalue weighted by molar-refractivity contribution is 5.72. The Kier molecular flexibility index (Phi) is 2.19. The van der Waals surface area contributed by atoms with Crippen LogP contribution in [0.25, 0.3) is 0 Å². The van der Waals surface area contributed by atoms with Crippen molar-refractivity contribution in [2.75, 3.05) is 6.54 Å². The number of alkyl carbamates (subject to hydrolysis) is 1. The Morgan fingerprint density at radius 2 is 2.19 bits per heavy atom. The summed E-state index contributed by atoms with van der Waals surface area (Å²) in [5.74, 6) is 0.937. The molecule has 1 amide bonds. The van der Waals surface area contributed by atoms with Crippen molar-refractivity contribution < 1.29 is 14.3 Å². The largest absolute Gasteiger partial charge is 0.440 e. The summed E-state index contributed by atoms with van der Waals surface area (Å²) in [6.45, 7) is 0.516. The van der Waals surface area contributed by atoms with Crippen LogP contribution in [0.2, 0.25) is 0 Å². The second kappa shape index (κ2) is 3.47. The van der Waals surface area contributed by atoms with Gasteiger partial charge in [-0.2, -0.15) is 0 Å². The van der Waals surface area contributed by atoms with Crippen LogP contribution in [0.3, 0.4) is 0 Å². The molecule has 0 unspecified atom stereocenters. The van der Waals surface area contributed by atoms with Crippen LogP contribution in [0.15, 0.2) is 0 Å². The van der Waals surface area contributed by atoms with Gasteiger partial charge in [-0.1, -0.05) is 19.3 Å². The summed E-state index contributed by atoms with van der Waals surface area (Å²) >= 11 is 0. The lowest BCUT2D eigenvalue weighted by molar-refractivity contribution is -0.118. The van der Waals surface area contributed by atoms with Gasteiger partial charge in [0.1, 0.15) is 11.9 Å². The Morgan fingerprint density at radius 1 is 1.38 bits per heavy atom. The number of ether oxygens (including phenoxy) is 1. The zero-order valence-electron chi connectivity index (χ0n) is 9.28. The number of hydrogen-bond donors (Lipinski definition) is 1. The highest BCUT2D eigenvalue weighted by Crippen LogP contribution is 2.52. The maximum absolute atomic E-state index is 11.3. The molecular formula is C12H17NO3. The first-order valence-electron chi connectivity index (χ1n) is 6.17. The van der Waals surface area contributed by atoms with E-state index >= 15 is 0 Å². The van der Waals surface area contributed by atoms with E-state index in [-0.39, 0.29) is 12.0 Å². The molecule has 1 heterocycles. The third-order valence-corrected chi connectivity index (χ3v) is 4.62. The molecule has 0 radical (unpaired) electrons. The molecule has 4 heteroatoms. The average Bonchev–Trinajstić information content (AvgIpc) is 2.79. The standard InChI is InChI=1S/C12H17NO3/c14-6-10-9-4-2-1-3-8(9)5-12(10)7-13-11(15)16-12/h6,8-10H,1-5,7H2,(H,13,15)/t8-,9-,10+,12-/m1/s1. The number of carbonyl (C=O) groups excluding carboxylic acids is 2. The molecule has 16 heavy (non-hydrogen) atoms. The first-order valence-corrected chi connectivity index (χ1v) is 6.17. The normalized spacial score (nSPS) is 46.2. The van der Waals surface area contributed by atoms with Gasteiger partial charge in [-0.05, 0) is 24.7 Å². The Balaban J connectivity index is 1.89. The maximum atomic E-state index is 11.3. The van der Waals surface area contributed by atoms with Crippen LogP contribution in [0, 0.1) is 17.8 Å². The van der Waals surface area contributed by atoms with E-state index in [2.05, 4.69) is 5.32 Å². The lowest BCUT2D eigenvalue weighted by Crippen LogP contribution is -2.40. The number of fused-ring (bicyclic) bond motifs is 1. The molecule has 2 aliphatic carbocycles. The Bertz CT molecular complexity index is 330. The van der Waals surface area contributed by atoms with E-state index in [1.807, 2.05) is 0 Å². The van der Waals surface area contributed by atoms with Crippen molar-refractivity contribution in [2.45, 2.75) is 37.7 Å². The number of hydrogen-bond acceptors (Lipinski definition) is 3. The van der Waals surface area contributed by atoms with Crippen molar-refractivity contribution in [2.24, 2.45) is 17.8 Å². The molecule has 1 aliphatic heterocycles. The fourth-order valence-corrected chi connectivity index (χ4v) is 3.94. The molecule has 3 rings (SSSR count). The molecule has 1 spiro atoms. The summed E-state index contributed by atoms with van der Waals surface area (Å²) in [7, 11) is 0. The molecule has 4 nitrogen and oxygen atoms in total. The molecule has 1 saturated heterocycles. The second-order valence-corrected chi connectivity index (χ2v) is 5.38. The van der Waals surface area contributed by atoms with Crippen molar-refractivity contribution in [3.63, 3.8) is 0 Å². The van der Waals surface area contributed by atoms with Crippen molar-refractivity contribution >= 4 is 12.4 Å². The second-order valence-electron chi connectivity index (χ2n) is 5.38. The van der Waals surface area contributed by atoms with Crippen molar-refractivity contribution in [3.8, 4) is 0 Å². The molecule has 3 aliphatic rings. The van der Waals surface area contributed by atoms with E-state index in [1.54, 1.807) is 0 Å². The Labute approximate surface area is 94.7 Å². The van der Waals surface area contributed by atoms with Crippen LogP contribution in [0.5, 0.6) is 0 Å². The minimum atomic E-state index is -0.515. The summed E-state index contributed by atoms with van der Waals surface area (Å²) in [6.07, 6.45) is 6.32. The molecule has 4 atom stereocenters. The monoisotopic (exact) mass is 223 g/mol. The van der Waals surface area contributed by atoms with Crippen LogP contribution < -0.4 is 5.32 Å². The molecule has 88 valence electrons. The zero-order valence-corrected chi connectivity index (χ0v) is 9.28. The van der Waals surface area contributed by atoms with Gasteiger partial charge in [-0.15, -0.1) is 0 Å². The number of aldehydes is 1. The predicted molar refractivity (Wildman–Crippen MR) is 56.8 cm³/mol. The van der Waals surface area contributed by atoms with E-state index in [1.165, 1.54) is 19.3 Å². The zero-order chi connectivity index (χ0) is 11.2. The van der Waals surface area contributed by atoms with Crippen LogP contribution >= 0.6 is 0 Å². The smallest absolute Gasteiger partial charge is 0.407 e. The van der Waals surface area contributed by atoms with Gasteiger partial charge in [0.2, 0.25) is 0 Å². The first-order chi connectivity index (χ1) is 7.75. The molecule has 2 saturated carbocycles. The summed E-state index contributed by atoms with van der Waals surface area (Å²) in [6, 6.07) is 0. The third kappa shape index (κ3) is 1.28. The van der Waals surface area contributed by atoms with E-state index in [0.29, 0.717) is 18.4 Å². The van der Waals surface area contributed by atoms with Gasteiger partial charge < -0.3 is 14.8 Å². The molecule has 0 aromatic rings. The third-order valence-electron chi connectivity index (χ3n) is 4.62. The minimum absolute atomic E-state index is 0.0863. The van der Waals surface area contributed by atoms with Gasteiger partial charge in [-0.3, -0.25) is 0 Å². The van der Waals surface area contributed by atoms with Crippen molar-refractivity contribution in [3.05, 3.63) is 0 Å². The van der Waals surface area contributed by atoms with Gasteiger partial charge in [0.25, 0.3) is 0 Å². The number of rotatable bonds is 1. The van der Waals surface area contributed by atoms with Crippen LogP contribution in [0.1, 0.15) is 32.1 Å². The topological polar surface area (TPSA) is 55.4 Å². The fraction of sp³-hybridized carbons (Fsp3) is 0.833. The van der Waals surface area contributed by atoms with Gasteiger partial charge in [0.15, 0.2) is 0 Å². The number of amides is 1. The first kappa shape index (κ1) is 10.1. The summed E-state index contributed by atoms with van der Waals surface area (Å²) in [5, 5.41) is 2.71. The van der Waals surface area contributed by atoms with Gasteiger partial charge >= 0.3 is 6.09 Å². The van der Waals surface area contributed by atoms with E-state index in [4.69, 9.17) is 4.74 Å². The number of carbonyl (C=O) groups is 2. The summed E-state index contributed by atoms with van der Waals surface area (Å²) < 4.78 is 5.42. The highest BCUT2D eigenvalue weighted by atomic mass is 16.6. The molecule has 0 bridgehead atoms. The summed E-state index contributed by atoms with van der Waals surface area (Å²) in [4.78, 5) is 22.5. The quantitative estimate of drug-likeness (QED) is 0.685. The Morgan fingerprint density at radius 3 is 2.88 bits per heavy atom. The van der Waals surface area contributed by atoms with E-state index in [9.17, 15) is 9.59 Å². The lowest BCUT2D eigenvalue weighted by atomic mass is 9.77. The molecule has 0 aromatic carbocycles. The van der Waals surface area contributed by atoms with Gasteiger partial charge in [-0.25, -0.2) is 4.79 Å². The minimum Gasteiger partial charge on any atom is -0.440 e. The molecule has 0 aromatic heterocycles. The van der Waals surface area contributed by atoms with Crippen LogP contribution in [0.4, 0.5) is 4.79 Å². The number of nitrogens with one attached hydrogen (secondary N) is 1.